The molecule has 2 nitrogen and oxygen atoms in total. The molecule has 0 aliphatic rings. The molecule has 6 aromatic carbocycles. The zero-order valence-electron chi connectivity index (χ0n) is 22.9. The van der Waals surface area contributed by atoms with E-state index in [1.165, 1.54) is 44.5 Å². The number of nitrogens with one attached hydrogen (secondary N) is 2. The van der Waals surface area contributed by atoms with Crippen LogP contribution in [0.3, 0.4) is 0 Å². The molecule has 0 saturated heterocycles. The molecule has 0 spiro atoms. The van der Waals surface area contributed by atoms with E-state index in [2.05, 4.69) is 146 Å². The smallest absolute Gasteiger partial charge is 0.0470 e. The highest BCUT2D eigenvalue weighted by molar-refractivity contribution is 6.02. The summed E-state index contributed by atoms with van der Waals surface area (Å²) in [5, 5.41) is 7.24. The van der Waals surface area contributed by atoms with Crippen LogP contribution in [0.2, 0.25) is 0 Å². The van der Waals surface area contributed by atoms with Gasteiger partial charge in [0.15, 0.2) is 0 Å². The molecule has 0 atom stereocenters. The van der Waals surface area contributed by atoms with Crippen LogP contribution >= 0.6 is 0 Å². The molecule has 2 N–H and O–H groups in total. The lowest BCUT2D eigenvalue weighted by Crippen LogP contribution is -2.00. The number of rotatable bonds is 7. The summed E-state index contributed by atoms with van der Waals surface area (Å²) in [4.78, 5) is 0. The number of benzene rings is 6. The second-order valence-electron chi connectivity index (χ2n) is 10.1. The lowest BCUT2D eigenvalue weighted by molar-refractivity contribution is 1.42. The van der Waals surface area contributed by atoms with Gasteiger partial charge in [0.2, 0.25) is 0 Å². The van der Waals surface area contributed by atoms with Crippen molar-refractivity contribution in [2.75, 3.05) is 10.6 Å². The van der Waals surface area contributed by atoms with Crippen LogP contribution in [0.4, 0.5) is 22.7 Å². The predicted octanol–water partition coefficient (Wildman–Crippen LogP) is 10.8. The fourth-order valence-corrected chi connectivity index (χ4v) is 5.31. The van der Waals surface area contributed by atoms with Crippen molar-refractivity contribution in [2.45, 2.75) is 13.8 Å². The monoisotopic (exact) mass is 516 g/mol. The minimum absolute atomic E-state index is 1.06. The molecule has 0 aliphatic carbocycles. The summed E-state index contributed by atoms with van der Waals surface area (Å²) in [6.45, 7) is 4.39. The molecule has 2 heteroatoms. The molecule has 0 amide bonds. The maximum Gasteiger partial charge on any atom is 0.0470 e. The van der Waals surface area contributed by atoms with E-state index in [0.717, 1.165) is 22.7 Å². The lowest BCUT2D eigenvalue weighted by Gasteiger charge is -2.23. The van der Waals surface area contributed by atoms with E-state index in [0.29, 0.717) is 0 Å². The van der Waals surface area contributed by atoms with Crippen molar-refractivity contribution >= 4 is 22.7 Å². The van der Waals surface area contributed by atoms with Crippen LogP contribution in [0.15, 0.2) is 146 Å². The second kappa shape index (κ2) is 11.3. The van der Waals surface area contributed by atoms with Gasteiger partial charge in [-0.25, -0.2) is 0 Å². The van der Waals surface area contributed by atoms with Crippen LogP contribution in [-0.2, 0) is 0 Å². The molecule has 0 unspecified atom stereocenters. The molecule has 0 fully saturated rings. The molecule has 0 saturated carbocycles. The fourth-order valence-electron chi connectivity index (χ4n) is 5.31. The Kier molecular flexibility index (Phi) is 7.15. The summed E-state index contributed by atoms with van der Waals surface area (Å²) in [6.07, 6.45) is 0. The van der Waals surface area contributed by atoms with Crippen molar-refractivity contribution in [2.24, 2.45) is 0 Å². The first-order valence-corrected chi connectivity index (χ1v) is 13.7. The Morgan fingerprint density at radius 3 is 1.40 bits per heavy atom. The minimum Gasteiger partial charge on any atom is -0.356 e. The fraction of sp³-hybridized carbons (Fsp3) is 0.0526. The Morgan fingerprint density at radius 1 is 0.350 bits per heavy atom. The maximum atomic E-state index is 3.73. The predicted molar refractivity (Wildman–Crippen MR) is 172 cm³/mol. The van der Waals surface area contributed by atoms with E-state index < -0.39 is 0 Å². The van der Waals surface area contributed by atoms with Gasteiger partial charge in [-0.1, -0.05) is 103 Å². The molecule has 0 aromatic heterocycles. The summed E-state index contributed by atoms with van der Waals surface area (Å²) in [7, 11) is 0. The molecule has 194 valence electrons. The normalized spacial score (nSPS) is 10.8. The van der Waals surface area contributed by atoms with Crippen LogP contribution in [-0.4, -0.2) is 0 Å². The van der Waals surface area contributed by atoms with E-state index >= 15 is 0 Å². The molecule has 0 bridgehead atoms. The van der Waals surface area contributed by atoms with Gasteiger partial charge in [0, 0.05) is 28.3 Å². The van der Waals surface area contributed by atoms with Gasteiger partial charge in [-0.05, 0) is 95.3 Å². The molecule has 6 aromatic rings. The van der Waals surface area contributed by atoms with Gasteiger partial charge in [-0.3, -0.25) is 0 Å². The van der Waals surface area contributed by atoms with Crippen molar-refractivity contribution in [1.82, 2.24) is 0 Å². The largest absolute Gasteiger partial charge is 0.356 e. The number of aryl methyl sites for hydroxylation is 2. The molecule has 0 radical (unpaired) electrons. The standard InChI is InChI=1S/C38H32N2/c1-27-13-9-11-19-33(27)37-35(29-21-23-32(24-22-29)39-30-15-5-3-6-16-30)25-26-36(40-31-17-7-4-8-18-31)38(37)34-20-12-10-14-28(34)2/h3-26,39-40H,1-2H3. The van der Waals surface area contributed by atoms with Gasteiger partial charge in [0.25, 0.3) is 0 Å². The first-order valence-electron chi connectivity index (χ1n) is 13.7. The van der Waals surface area contributed by atoms with E-state index in [9.17, 15) is 0 Å². The SMILES string of the molecule is Cc1ccccc1-c1c(Nc2ccccc2)ccc(-c2ccc(Nc3ccccc3)cc2)c1-c1ccccc1C. The van der Waals surface area contributed by atoms with Crippen LogP contribution in [0.5, 0.6) is 0 Å². The Hall–Kier alpha value is -5.08. The summed E-state index contributed by atoms with van der Waals surface area (Å²) >= 11 is 0. The number of hydrogen-bond acceptors (Lipinski definition) is 2. The van der Waals surface area contributed by atoms with Gasteiger partial charge in [0.1, 0.15) is 0 Å². The van der Waals surface area contributed by atoms with Crippen molar-refractivity contribution < 1.29 is 0 Å². The topological polar surface area (TPSA) is 24.1 Å². The van der Waals surface area contributed by atoms with Crippen molar-refractivity contribution in [3.63, 3.8) is 0 Å². The summed E-state index contributed by atoms with van der Waals surface area (Å²) in [6, 6.07) is 51.3. The second-order valence-corrected chi connectivity index (χ2v) is 10.1. The highest BCUT2D eigenvalue weighted by atomic mass is 14.9. The quantitative estimate of drug-likeness (QED) is 0.220. The molecular formula is C38H32N2. The molecule has 0 heterocycles. The van der Waals surface area contributed by atoms with Gasteiger partial charge < -0.3 is 10.6 Å². The van der Waals surface area contributed by atoms with Crippen LogP contribution in [0.25, 0.3) is 33.4 Å². The van der Waals surface area contributed by atoms with Crippen LogP contribution in [0, 0.1) is 13.8 Å². The number of hydrogen-bond donors (Lipinski definition) is 2. The zero-order valence-corrected chi connectivity index (χ0v) is 22.9. The Bertz CT molecular complexity index is 1740. The molecule has 6 rings (SSSR count). The first-order chi connectivity index (χ1) is 19.7. The third-order valence-corrected chi connectivity index (χ3v) is 7.35. The first kappa shape index (κ1) is 25.2. The maximum absolute atomic E-state index is 3.73. The van der Waals surface area contributed by atoms with Crippen molar-refractivity contribution in [3.8, 4) is 33.4 Å². The average molecular weight is 517 g/mol. The average Bonchev–Trinajstić information content (AvgIpc) is 2.99. The third-order valence-electron chi connectivity index (χ3n) is 7.35. The molecule has 0 aliphatic heterocycles. The summed E-state index contributed by atoms with van der Waals surface area (Å²) in [5.74, 6) is 0. The zero-order chi connectivity index (χ0) is 27.3. The Labute approximate surface area is 237 Å². The van der Waals surface area contributed by atoms with Crippen LogP contribution in [0.1, 0.15) is 11.1 Å². The number of para-hydroxylation sites is 2. The van der Waals surface area contributed by atoms with Gasteiger partial charge in [-0.2, -0.15) is 0 Å². The van der Waals surface area contributed by atoms with E-state index in [-0.39, 0.29) is 0 Å². The van der Waals surface area contributed by atoms with Gasteiger partial charge in [-0.15, -0.1) is 0 Å². The highest BCUT2D eigenvalue weighted by Gasteiger charge is 2.20. The minimum atomic E-state index is 1.06. The summed E-state index contributed by atoms with van der Waals surface area (Å²) < 4.78 is 0. The Balaban J connectivity index is 1.56. The van der Waals surface area contributed by atoms with E-state index in [1.807, 2.05) is 24.3 Å². The van der Waals surface area contributed by atoms with Gasteiger partial charge >= 0.3 is 0 Å². The number of anilines is 4. The van der Waals surface area contributed by atoms with Crippen LogP contribution < -0.4 is 10.6 Å². The lowest BCUT2D eigenvalue weighted by atomic mass is 9.84. The van der Waals surface area contributed by atoms with E-state index in [1.54, 1.807) is 0 Å². The molecular weight excluding hydrogens is 484 g/mol. The van der Waals surface area contributed by atoms with Crippen molar-refractivity contribution in [3.05, 3.63) is 157 Å². The third kappa shape index (κ3) is 5.25. The Morgan fingerprint density at radius 2 is 0.825 bits per heavy atom. The highest BCUT2D eigenvalue weighted by Crippen LogP contribution is 2.46. The summed E-state index contributed by atoms with van der Waals surface area (Å²) in [5.41, 5.74) is 14.1. The molecule has 40 heavy (non-hydrogen) atoms. The van der Waals surface area contributed by atoms with Gasteiger partial charge in [0.05, 0.1) is 0 Å². The van der Waals surface area contributed by atoms with Crippen molar-refractivity contribution in [1.29, 1.82) is 0 Å². The van der Waals surface area contributed by atoms with E-state index in [4.69, 9.17) is 0 Å².